The number of nitrogens with zero attached hydrogens (tertiary/aromatic N) is 1. The first-order valence-electron chi connectivity index (χ1n) is 7.28. The van der Waals surface area contributed by atoms with E-state index in [4.69, 9.17) is 0 Å². The molecule has 1 aromatic rings. The van der Waals surface area contributed by atoms with Crippen LogP contribution in [0.25, 0.3) is 0 Å². The van der Waals surface area contributed by atoms with Crippen LogP contribution in [-0.2, 0) is 6.42 Å². The van der Waals surface area contributed by atoms with E-state index < -0.39 is 0 Å². The first kappa shape index (κ1) is 13.8. The van der Waals surface area contributed by atoms with Crippen LogP contribution in [0.2, 0.25) is 0 Å². The van der Waals surface area contributed by atoms with Gasteiger partial charge in [-0.05, 0) is 85.4 Å². The lowest BCUT2D eigenvalue weighted by Gasteiger charge is -2.38. The van der Waals surface area contributed by atoms with Gasteiger partial charge < -0.3 is 10.0 Å². The SMILES string of the molecule is CN1C2CCC1CC(C(O)Cc1ccc(I)cc1)C2. The van der Waals surface area contributed by atoms with Crippen LogP contribution in [0.15, 0.2) is 24.3 Å². The Hall–Kier alpha value is -0.130. The quantitative estimate of drug-likeness (QED) is 0.826. The van der Waals surface area contributed by atoms with E-state index >= 15 is 0 Å². The molecule has 0 aliphatic carbocycles. The number of piperidine rings is 1. The highest BCUT2D eigenvalue weighted by Gasteiger charge is 2.40. The van der Waals surface area contributed by atoms with Gasteiger partial charge in [0, 0.05) is 15.7 Å². The summed E-state index contributed by atoms with van der Waals surface area (Å²) in [6, 6.07) is 9.98. The summed E-state index contributed by atoms with van der Waals surface area (Å²) < 4.78 is 1.26. The van der Waals surface area contributed by atoms with Crippen molar-refractivity contribution >= 4 is 22.6 Å². The molecule has 0 amide bonds. The third kappa shape index (κ3) is 2.98. The predicted octanol–water partition coefficient (Wildman–Crippen LogP) is 3.07. The standard InChI is InChI=1S/C16H22INO/c1-18-14-6-7-15(18)10-12(9-14)16(19)8-11-2-4-13(17)5-3-11/h2-5,12,14-16,19H,6-10H2,1H3. The summed E-state index contributed by atoms with van der Waals surface area (Å²) >= 11 is 2.32. The first-order chi connectivity index (χ1) is 9.13. The van der Waals surface area contributed by atoms with Gasteiger partial charge in [-0.1, -0.05) is 12.1 Å². The molecule has 19 heavy (non-hydrogen) atoms. The summed E-state index contributed by atoms with van der Waals surface area (Å²) in [7, 11) is 2.25. The fourth-order valence-electron chi connectivity index (χ4n) is 3.80. The average molecular weight is 371 g/mol. The summed E-state index contributed by atoms with van der Waals surface area (Å²) in [4.78, 5) is 2.54. The van der Waals surface area contributed by atoms with Crippen molar-refractivity contribution in [2.24, 2.45) is 5.92 Å². The molecule has 2 bridgehead atoms. The molecule has 0 aromatic heterocycles. The first-order valence-corrected chi connectivity index (χ1v) is 8.36. The lowest BCUT2D eigenvalue weighted by Crippen LogP contribution is -2.43. The second-order valence-electron chi connectivity index (χ2n) is 6.18. The molecule has 3 heteroatoms. The van der Waals surface area contributed by atoms with Gasteiger partial charge in [0.2, 0.25) is 0 Å². The Morgan fingerprint density at radius 2 is 1.79 bits per heavy atom. The molecule has 2 aliphatic heterocycles. The number of aliphatic hydroxyl groups is 1. The van der Waals surface area contributed by atoms with E-state index in [1.165, 1.54) is 34.8 Å². The van der Waals surface area contributed by atoms with E-state index in [0.717, 1.165) is 18.5 Å². The minimum absolute atomic E-state index is 0.170. The van der Waals surface area contributed by atoms with Crippen LogP contribution in [0.4, 0.5) is 0 Å². The topological polar surface area (TPSA) is 23.5 Å². The van der Waals surface area contributed by atoms with Crippen LogP contribution >= 0.6 is 22.6 Å². The normalized spacial score (nSPS) is 32.5. The molecule has 2 nitrogen and oxygen atoms in total. The lowest BCUT2D eigenvalue weighted by molar-refractivity contribution is 0.0368. The van der Waals surface area contributed by atoms with Crippen LogP contribution in [-0.4, -0.2) is 35.2 Å². The molecule has 0 radical (unpaired) electrons. The molecule has 3 atom stereocenters. The van der Waals surface area contributed by atoms with E-state index in [1.807, 2.05) is 0 Å². The maximum absolute atomic E-state index is 10.5. The Bertz CT molecular complexity index is 419. The van der Waals surface area contributed by atoms with E-state index in [-0.39, 0.29) is 6.10 Å². The molecule has 2 saturated heterocycles. The van der Waals surface area contributed by atoms with Crippen molar-refractivity contribution < 1.29 is 5.11 Å². The Kier molecular flexibility index (Phi) is 4.15. The van der Waals surface area contributed by atoms with E-state index in [0.29, 0.717) is 5.92 Å². The molecule has 0 saturated carbocycles. The fourth-order valence-corrected chi connectivity index (χ4v) is 4.16. The van der Waals surface area contributed by atoms with Gasteiger partial charge >= 0.3 is 0 Å². The Morgan fingerprint density at radius 1 is 1.21 bits per heavy atom. The second-order valence-corrected chi connectivity index (χ2v) is 7.43. The number of hydrogen-bond acceptors (Lipinski definition) is 2. The predicted molar refractivity (Wildman–Crippen MR) is 86.2 cm³/mol. The van der Waals surface area contributed by atoms with Crippen LogP contribution in [0.1, 0.15) is 31.2 Å². The van der Waals surface area contributed by atoms with Crippen molar-refractivity contribution in [1.29, 1.82) is 0 Å². The van der Waals surface area contributed by atoms with Crippen molar-refractivity contribution in [3.63, 3.8) is 0 Å². The number of rotatable bonds is 3. The van der Waals surface area contributed by atoms with Crippen LogP contribution in [0, 0.1) is 9.49 Å². The van der Waals surface area contributed by atoms with E-state index in [2.05, 4.69) is 58.8 Å². The van der Waals surface area contributed by atoms with Crippen molar-refractivity contribution in [3.8, 4) is 0 Å². The third-order valence-electron chi connectivity index (χ3n) is 5.04. The Balaban J connectivity index is 1.62. The highest BCUT2D eigenvalue weighted by atomic mass is 127. The molecule has 0 spiro atoms. The van der Waals surface area contributed by atoms with Gasteiger partial charge in [0.05, 0.1) is 6.10 Å². The summed E-state index contributed by atoms with van der Waals surface area (Å²) in [6.07, 6.45) is 5.65. The minimum atomic E-state index is -0.170. The summed E-state index contributed by atoms with van der Waals surface area (Å²) in [5.74, 6) is 0.493. The molecule has 1 N–H and O–H groups in total. The van der Waals surface area contributed by atoms with Gasteiger partial charge in [0.1, 0.15) is 0 Å². The fraction of sp³-hybridized carbons (Fsp3) is 0.625. The summed E-state index contributed by atoms with van der Waals surface area (Å²) in [6.45, 7) is 0. The van der Waals surface area contributed by atoms with Crippen LogP contribution in [0.3, 0.4) is 0 Å². The highest BCUT2D eigenvalue weighted by Crippen LogP contribution is 2.39. The highest BCUT2D eigenvalue weighted by molar-refractivity contribution is 14.1. The minimum Gasteiger partial charge on any atom is -0.392 e. The molecule has 3 rings (SSSR count). The van der Waals surface area contributed by atoms with Crippen molar-refractivity contribution in [1.82, 2.24) is 4.90 Å². The van der Waals surface area contributed by atoms with Crippen LogP contribution < -0.4 is 0 Å². The number of benzene rings is 1. The van der Waals surface area contributed by atoms with Gasteiger partial charge in [-0.25, -0.2) is 0 Å². The summed E-state index contributed by atoms with van der Waals surface area (Å²) in [5.41, 5.74) is 1.26. The molecule has 104 valence electrons. The largest absolute Gasteiger partial charge is 0.392 e. The maximum Gasteiger partial charge on any atom is 0.0609 e. The van der Waals surface area contributed by atoms with Crippen molar-refractivity contribution in [2.45, 2.75) is 50.3 Å². The molecule has 2 heterocycles. The zero-order chi connectivity index (χ0) is 13.4. The molecule has 1 aromatic carbocycles. The van der Waals surface area contributed by atoms with Crippen molar-refractivity contribution in [3.05, 3.63) is 33.4 Å². The lowest BCUT2D eigenvalue weighted by atomic mass is 9.84. The molecular weight excluding hydrogens is 349 g/mol. The van der Waals surface area contributed by atoms with Gasteiger partial charge in [0.15, 0.2) is 0 Å². The molecule has 2 aliphatic rings. The van der Waals surface area contributed by atoms with Gasteiger partial charge in [-0.15, -0.1) is 0 Å². The van der Waals surface area contributed by atoms with E-state index in [9.17, 15) is 5.11 Å². The summed E-state index contributed by atoms with van der Waals surface area (Å²) in [5, 5.41) is 10.5. The zero-order valence-electron chi connectivity index (χ0n) is 11.4. The van der Waals surface area contributed by atoms with Crippen LogP contribution in [0.5, 0.6) is 0 Å². The number of fused-ring (bicyclic) bond motifs is 2. The molecule has 3 unspecified atom stereocenters. The second kappa shape index (κ2) is 5.70. The van der Waals surface area contributed by atoms with Crippen molar-refractivity contribution in [2.75, 3.05) is 7.05 Å². The van der Waals surface area contributed by atoms with E-state index in [1.54, 1.807) is 0 Å². The average Bonchev–Trinajstić information content (AvgIpc) is 2.64. The Labute approximate surface area is 129 Å². The van der Waals surface area contributed by atoms with Gasteiger partial charge in [-0.2, -0.15) is 0 Å². The number of aliphatic hydroxyl groups excluding tert-OH is 1. The maximum atomic E-state index is 10.5. The molecule has 2 fully saturated rings. The number of halogens is 1. The third-order valence-corrected chi connectivity index (χ3v) is 5.76. The number of hydrogen-bond donors (Lipinski definition) is 1. The molecular formula is C16H22INO. The van der Waals surface area contributed by atoms with Gasteiger partial charge in [-0.3, -0.25) is 0 Å². The monoisotopic (exact) mass is 371 g/mol. The Morgan fingerprint density at radius 3 is 2.37 bits per heavy atom. The smallest absolute Gasteiger partial charge is 0.0609 e. The zero-order valence-corrected chi connectivity index (χ0v) is 13.6. The van der Waals surface area contributed by atoms with Gasteiger partial charge in [0.25, 0.3) is 0 Å².